The molecule has 2 aliphatic carbocycles. The van der Waals surface area contributed by atoms with Crippen molar-refractivity contribution in [1.29, 1.82) is 0 Å². The molecule has 0 saturated carbocycles. The normalized spacial score (nSPS) is 11.7. The molecule has 0 spiro atoms. The van der Waals surface area contributed by atoms with E-state index in [1.54, 1.807) is 0 Å². The van der Waals surface area contributed by atoms with Gasteiger partial charge in [0.05, 0.1) is 0 Å². The minimum Gasteiger partial charge on any atom is -0.358 e. The first-order valence-electron chi connectivity index (χ1n) is 12.2. The molecule has 0 amide bonds. The Morgan fingerprint density at radius 2 is 1.42 bits per heavy atom. The third-order valence-corrected chi connectivity index (χ3v) is 5.89. The maximum absolute atomic E-state index is 3.72. The van der Waals surface area contributed by atoms with Gasteiger partial charge in [-0.1, -0.05) is 71.4 Å². The van der Waals surface area contributed by atoms with Crippen molar-refractivity contribution in [3.05, 3.63) is 133 Å². The predicted molar refractivity (Wildman–Crippen MR) is 171 cm³/mol. The minimum atomic E-state index is 0. The summed E-state index contributed by atoms with van der Waals surface area (Å²) in [5, 5.41) is 0. The Hall–Kier alpha value is -1.66. The van der Waals surface area contributed by atoms with E-state index in [0.29, 0.717) is 0 Å². The van der Waals surface area contributed by atoms with E-state index < -0.39 is 0 Å². The monoisotopic (exact) mass is 624 g/mol. The van der Waals surface area contributed by atoms with Crippen LogP contribution in [0.2, 0.25) is 0 Å². The van der Waals surface area contributed by atoms with Gasteiger partial charge in [-0.3, -0.25) is 6.08 Å². The molecule has 0 nitrogen and oxygen atoms in total. The fourth-order valence-corrected chi connectivity index (χ4v) is 3.85. The van der Waals surface area contributed by atoms with Gasteiger partial charge in [0.2, 0.25) is 0 Å². The maximum Gasteiger partial charge on any atom is -0.358 e. The second-order valence-electron chi connectivity index (χ2n) is 10.8. The van der Waals surface area contributed by atoms with E-state index in [0.717, 1.165) is 18.4 Å². The van der Waals surface area contributed by atoms with Gasteiger partial charge in [-0.05, 0) is 28.4 Å². The number of fused-ring (bicyclic) bond motifs is 3. The largest absolute Gasteiger partial charge is 0.358 e. The van der Waals surface area contributed by atoms with Crippen molar-refractivity contribution in [3.63, 3.8) is 0 Å². The maximum atomic E-state index is 3.72. The van der Waals surface area contributed by atoms with Crippen LogP contribution in [-0.4, -0.2) is 4.21 Å². The number of hydrogen-bond donors (Lipinski definition) is 0. The zero-order valence-corrected chi connectivity index (χ0v) is 28.2. The number of allylic oxidation sites excluding steroid dienone is 4. The predicted octanol–water partition coefficient (Wildman–Crippen LogP) is 10.1. The molecule has 3 aromatic carbocycles. The molecule has 0 aliphatic heterocycles. The molecule has 0 atom stereocenters. The molecule has 0 radical (unpaired) electrons. The molecule has 3 aromatic rings. The van der Waals surface area contributed by atoms with E-state index in [9.17, 15) is 0 Å². The van der Waals surface area contributed by atoms with Gasteiger partial charge in [0.15, 0.2) is 0 Å². The van der Waals surface area contributed by atoms with Crippen LogP contribution in [0.5, 0.6) is 0 Å². The van der Waals surface area contributed by atoms with E-state index in [1.807, 2.05) is 42.5 Å². The van der Waals surface area contributed by atoms with Crippen molar-refractivity contribution in [3.8, 4) is 11.1 Å². The summed E-state index contributed by atoms with van der Waals surface area (Å²) in [6.45, 7) is 17.3. The van der Waals surface area contributed by atoms with Crippen LogP contribution in [0.25, 0.3) is 11.1 Å². The average Bonchev–Trinajstić information content (AvgIpc) is 3.51. The van der Waals surface area contributed by atoms with Gasteiger partial charge in [-0.25, -0.2) is 12.2 Å². The molecular formula is C35H44Cl2Zr-4. The SMILES string of the molecule is CC(C)(C)c1[c-]c2c(cc1)-c1ccc(C(C)(C)C)cc1C2.Cl.Cl.[C-]1=CC=CC1.[CH2-]c1ccccc1.[CH2]=[Zr].[CH3-]. The molecule has 206 valence electrons. The average molecular weight is 627 g/mol. The molecule has 0 bridgehead atoms. The van der Waals surface area contributed by atoms with Crippen molar-refractivity contribution in [2.75, 3.05) is 0 Å². The summed E-state index contributed by atoms with van der Waals surface area (Å²) in [6.07, 6.45) is 11.0. The first-order valence-corrected chi connectivity index (χ1v) is 13.9. The third-order valence-electron chi connectivity index (χ3n) is 5.89. The fraction of sp³-hybridized carbons (Fsp3) is 0.286. The van der Waals surface area contributed by atoms with E-state index in [2.05, 4.69) is 101 Å². The summed E-state index contributed by atoms with van der Waals surface area (Å²) >= 11 is 1.30. The molecule has 5 rings (SSSR count). The Labute approximate surface area is 261 Å². The topological polar surface area (TPSA) is 0 Å². The van der Waals surface area contributed by atoms with E-state index in [-0.39, 0.29) is 43.1 Å². The number of halogens is 2. The van der Waals surface area contributed by atoms with Gasteiger partial charge in [-0.2, -0.15) is 54.5 Å². The van der Waals surface area contributed by atoms with Gasteiger partial charge >= 0.3 is 28.4 Å². The smallest absolute Gasteiger partial charge is 0.358 e. The number of benzene rings is 3. The summed E-state index contributed by atoms with van der Waals surface area (Å²) in [5.74, 6) is 0. The van der Waals surface area contributed by atoms with Crippen molar-refractivity contribution >= 4 is 29.0 Å². The Morgan fingerprint density at radius 1 is 0.816 bits per heavy atom. The summed E-state index contributed by atoms with van der Waals surface area (Å²) in [4.78, 5) is 0. The van der Waals surface area contributed by atoms with Gasteiger partial charge in [-0.15, -0.1) is 54.5 Å². The first-order chi connectivity index (χ1) is 16.6. The Bertz CT molecular complexity index is 1080. The molecule has 0 unspecified atom stereocenters. The summed E-state index contributed by atoms with van der Waals surface area (Å²) in [7, 11) is 0. The standard InChI is InChI=1S/C21H25.C7H7.C5H5.CH3.CH2.2ClH.Zr/c1-20(2,3)16-7-9-18-14(12-16)11-15-13-17(21(4,5)6)8-10-19(15)18;1-7-5-3-2-4-6-7;1-2-4-5-3-1;;;;;/h7-10,12H,11H2,1-6H3;2-6H,1H2;1-3H,4H2;1H3;1H2;2*1H;/q4*-1;;;;. The van der Waals surface area contributed by atoms with Crippen LogP contribution < -0.4 is 0 Å². The Kier molecular flexibility index (Phi) is 18.1. The zero-order chi connectivity index (χ0) is 26.1. The van der Waals surface area contributed by atoms with Crippen LogP contribution in [0.3, 0.4) is 0 Å². The molecule has 0 N–H and O–H groups in total. The quantitative estimate of drug-likeness (QED) is 0.170. The first kappa shape index (κ1) is 38.5. The van der Waals surface area contributed by atoms with Crippen LogP contribution in [0.15, 0.2) is 78.9 Å². The zero-order valence-electron chi connectivity index (χ0n) is 24.2. The molecule has 0 saturated heterocycles. The van der Waals surface area contributed by atoms with Gasteiger partial charge in [0.25, 0.3) is 0 Å². The van der Waals surface area contributed by atoms with Crippen molar-refractivity contribution < 1.29 is 24.2 Å². The summed E-state index contributed by atoms with van der Waals surface area (Å²) in [5.41, 5.74) is 9.78. The van der Waals surface area contributed by atoms with Gasteiger partial charge < -0.3 is 7.43 Å². The second-order valence-corrected chi connectivity index (χ2v) is 10.8. The summed E-state index contributed by atoms with van der Waals surface area (Å²) in [6, 6.07) is 25.0. The number of hydrogen-bond acceptors (Lipinski definition) is 0. The van der Waals surface area contributed by atoms with E-state index in [4.69, 9.17) is 0 Å². The second kappa shape index (κ2) is 17.8. The van der Waals surface area contributed by atoms with Crippen LogP contribution in [-0.2, 0) is 41.5 Å². The van der Waals surface area contributed by atoms with Gasteiger partial charge in [0, 0.05) is 0 Å². The Morgan fingerprint density at radius 3 is 1.84 bits per heavy atom. The molecule has 0 fully saturated rings. The Balaban J connectivity index is 0. The van der Waals surface area contributed by atoms with Crippen LogP contribution >= 0.6 is 24.8 Å². The third kappa shape index (κ3) is 11.6. The van der Waals surface area contributed by atoms with Crippen molar-refractivity contribution in [2.24, 2.45) is 0 Å². The van der Waals surface area contributed by atoms with E-state index in [1.165, 1.54) is 57.6 Å². The van der Waals surface area contributed by atoms with Gasteiger partial charge in [0.1, 0.15) is 0 Å². The molecule has 0 aromatic heterocycles. The molecule has 3 heteroatoms. The van der Waals surface area contributed by atoms with Crippen molar-refractivity contribution in [1.82, 2.24) is 0 Å². The van der Waals surface area contributed by atoms with Crippen LogP contribution in [0.1, 0.15) is 75.8 Å². The molecular weight excluding hydrogens is 583 g/mol. The summed E-state index contributed by atoms with van der Waals surface area (Å²) < 4.78 is 3.34. The molecule has 0 heterocycles. The fourth-order valence-electron chi connectivity index (χ4n) is 3.85. The van der Waals surface area contributed by atoms with E-state index >= 15 is 0 Å². The van der Waals surface area contributed by atoms with Crippen molar-refractivity contribution in [2.45, 2.75) is 65.2 Å². The molecule has 38 heavy (non-hydrogen) atoms. The van der Waals surface area contributed by atoms with Crippen LogP contribution in [0, 0.1) is 26.5 Å². The van der Waals surface area contributed by atoms with Crippen LogP contribution in [0.4, 0.5) is 0 Å². The minimum absolute atomic E-state index is 0. The number of rotatable bonds is 0. The molecule has 2 aliphatic rings.